The largest absolute Gasteiger partial charge is 0.268 e. The molecule has 0 spiro atoms. The van der Waals surface area contributed by atoms with Crippen LogP contribution in [0.25, 0.3) is 28.7 Å². The second-order valence-corrected chi connectivity index (χ2v) is 6.05. The Balaban J connectivity index is 1.97. The summed E-state index contributed by atoms with van der Waals surface area (Å²) >= 11 is 0. The molecular weight excluding hydrogens is 322 g/mol. The first kappa shape index (κ1) is 16.0. The van der Waals surface area contributed by atoms with Crippen LogP contribution in [0.4, 0.5) is 0 Å². The lowest BCUT2D eigenvalue weighted by Crippen LogP contribution is -2.22. The molecule has 2 aromatic carbocycles. The average molecular weight is 339 g/mol. The third-order valence-corrected chi connectivity index (χ3v) is 4.15. The van der Waals surface area contributed by atoms with Crippen molar-refractivity contribution in [3.05, 3.63) is 100 Å². The van der Waals surface area contributed by atoms with Gasteiger partial charge in [0.2, 0.25) is 0 Å². The Kier molecular flexibility index (Phi) is 4.15. The number of pyridine rings is 1. The zero-order valence-electron chi connectivity index (χ0n) is 14.3. The molecule has 0 atom stereocenters. The molecule has 0 aliphatic heterocycles. The second kappa shape index (κ2) is 6.76. The lowest BCUT2D eigenvalue weighted by Gasteiger charge is -2.12. The number of hydrogen-bond acceptors (Lipinski definition) is 3. The average Bonchev–Trinajstić information content (AvgIpc) is 2.67. The Hall–Kier alpha value is -3.53. The fourth-order valence-electron chi connectivity index (χ4n) is 2.91. The summed E-state index contributed by atoms with van der Waals surface area (Å²) in [5.41, 5.74) is 3.30. The Labute approximate surface area is 151 Å². The topological polar surface area (TPSA) is 47.8 Å². The molecule has 26 heavy (non-hydrogen) atoms. The van der Waals surface area contributed by atoms with Crippen LogP contribution in [0.5, 0.6) is 0 Å². The van der Waals surface area contributed by atoms with Gasteiger partial charge in [0, 0.05) is 6.20 Å². The van der Waals surface area contributed by atoms with Crippen molar-refractivity contribution in [1.29, 1.82) is 0 Å². The van der Waals surface area contributed by atoms with Gasteiger partial charge in [-0.2, -0.15) is 0 Å². The van der Waals surface area contributed by atoms with E-state index in [0.29, 0.717) is 16.7 Å². The first-order chi connectivity index (χ1) is 12.7. The van der Waals surface area contributed by atoms with Gasteiger partial charge in [-0.1, -0.05) is 30.3 Å². The van der Waals surface area contributed by atoms with Crippen molar-refractivity contribution < 1.29 is 0 Å². The molecule has 4 nitrogen and oxygen atoms in total. The first-order valence-electron chi connectivity index (χ1n) is 8.40. The molecule has 0 N–H and O–H groups in total. The molecule has 0 aliphatic rings. The summed E-state index contributed by atoms with van der Waals surface area (Å²) < 4.78 is 1.65. The molecule has 0 bridgehead atoms. The third-order valence-electron chi connectivity index (χ3n) is 4.15. The maximum absolute atomic E-state index is 13.1. The minimum atomic E-state index is -0.0816. The molecule has 2 heterocycles. The van der Waals surface area contributed by atoms with Crippen LogP contribution in [-0.4, -0.2) is 14.5 Å². The van der Waals surface area contributed by atoms with E-state index in [0.717, 1.165) is 16.9 Å². The molecule has 4 heteroatoms. The van der Waals surface area contributed by atoms with Crippen molar-refractivity contribution in [3.8, 4) is 5.69 Å². The molecule has 4 rings (SSSR count). The summed E-state index contributed by atoms with van der Waals surface area (Å²) in [4.78, 5) is 22.1. The van der Waals surface area contributed by atoms with Crippen LogP contribution in [0.1, 0.15) is 17.1 Å². The molecule has 4 aromatic rings. The zero-order valence-corrected chi connectivity index (χ0v) is 14.3. The molecule has 126 valence electrons. The van der Waals surface area contributed by atoms with Gasteiger partial charge in [-0.05, 0) is 61.0 Å². The van der Waals surface area contributed by atoms with E-state index in [9.17, 15) is 4.79 Å². The van der Waals surface area contributed by atoms with Crippen molar-refractivity contribution in [2.24, 2.45) is 0 Å². The van der Waals surface area contributed by atoms with Gasteiger partial charge in [-0.25, -0.2) is 4.98 Å². The van der Waals surface area contributed by atoms with E-state index in [4.69, 9.17) is 4.98 Å². The van der Waals surface area contributed by atoms with E-state index in [-0.39, 0.29) is 5.56 Å². The summed E-state index contributed by atoms with van der Waals surface area (Å²) in [7, 11) is 0. The van der Waals surface area contributed by atoms with Gasteiger partial charge in [-0.15, -0.1) is 0 Å². The molecular formula is C22H17N3O. The summed E-state index contributed by atoms with van der Waals surface area (Å²) in [6.07, 6.45) is 5.43. The maximum Gasteiger partial charge on any atom is 0.266 e. The molecule has 0 amide bonds. The van der Waals surface area contributed by atoms with Crippen molar-refractivity contribution in [3.63, 3.8) is 0 Å². The lowest BCUT2D eigenvalue weighted by atomic mass is 10.2. The molecule has 0 aliphatic carbocycles. The minimum absolute atomic E-state index is 0.0816. The minimum Gasteiger partial charge on any atom is -0.268 e. The van der Waals surface area contributed by atoms with Crippen LogP contribution >= 0.6 is 0 Å². The van der Waals surface area contributed by atoms with E-state index in [2.05, 4.69) is 4.98 Å². The van der Waals surface area contributed by atoms with Crippen LogP contribution in [0.2, 0.25) is 0 Å². The van der Waals surface area contributed by atoms with Gasteiger partial charge in [0.05, 0.1) is 22.3 Å². The maximum atomic E-state index is 13.1. The highest BCUT2D eigenvalue weighted by atomic mass is 16.1. The summed E-state index contributed by atoms with van der Waals surface area (Å²) in [6.45, 7) is 2.01. The smallest absolute Gasteiger partial charge is 0.266 e. The Morgan fingerprint density at radius 2 is 1.77 bits per heavy atom. The van der Waals surface area contributed by atoms with E-state index in [1.165, 1.54) is 0 Å². The van der Waals surface area contributed by atoms with Gasteiger partial charge in [0.1, 0.15) is 5.82 Å². The summed E-state index contributed by atoms with van der Waals surface area (Å²) in [5.74, 6) is 0.574. The number of nitrogens with zero attached hydrogens (tertiary/aromatic N) is 3. The highest BCUT2D eigenvalue weighted by Crippen LogP contribution is 2.16. The molecule has 0 unspecified atom stereocenters. The van der Waals surface area contributed by atoms with Gasteiger partial charge in [-0.3, -0.25) is 14.3 Å². The fourth-order valence-corrected chi connectivity index (χ4v) is 2.91. The first-order valence-corrected chi connectivity index (χ1v) is 8.40. The Morgan fingerprint density at radius 3 is 2.58 bits per heavy atom. The van der Waals surface area contributed by atoms with Gasteiger partial charge in [0.25, 0.3) is 5.56 Å². The van der Waals surface area contributed by atoms with Gasteiger partial charge < -0.3 is 0 Å². The van der Waals surface area contributed by atoms with E-state index < -0.39 is 0 Å². The number of aryl methyl sites for hydroxylation is 1. The molecule has 0 fully saturated rings. The van der Waals surface area contributed by atoms with E-state index >= 15 is 0 Å². The highest BCUT2D eigenvalue weighted by Gasteiger charge is 2.11. The standard InChI is InChI=1S/C22H17N3O/c1-16-7-6-9-18(15-16)25-21(13-12-17-8-4-5-14-23-17)24-20-11-3-2-10-19(20)22(25)26/h2-15H,1H3/b13-12+. The number of hydrogen-bond donors (Lipinski definition) is 0. The van der Waals surface area contributed by atoms with Crippen LogP contribution in [0.3, 0.4) is 0 Å². The third kappa shape index (κ3) is 3.05. The number of benzene rings is 2. The van der Waals surface area contributed by atoms with Crippen molar-refractivity contribution in [1.82, 2.24) is 14.5 Å². The second-order valence-electron chi connectivity index (χ2n) is 6.05. The fraction of sp³-hybridized carbons (Fsp3) is 0.0455. The Morgan fingerprint density at radius 1 is 0.923 bits per heavy atom. The quantitative estimate of drug-likeness (QED) is 0.560. The summed E-state index contributed by atoms with van der Waals surface area (Å²) in [5, 5.41) is 0.601. The predicted molar refractivity (Wildman–Crippen MR) is 105 cm³/mol. The molecule has 0 saturated carbocycles. The SMILES string of the molecule is Cc1cccc(-n2c(/C=C/c3ccccn3)nc3ccccc3c2=O)c1. The molecule has 0 radical (unpaired) electrons. The highest BCUT2D eigenvalue weighted by molar-refractivity contribution is 5.79. The van der Waals surface area contributed by atoms with Gasteiger partial charge in [0.15, 0.2) is 0 Å². The monoisotopic (exact) mass is 339 g/mol. The van der Waals surface area contributed by atoms with Crippen molar-refractivity contribution in [2.75, 3.05) is 0 Å². The zero-order chi connectivity index (χ0) is 17.9. The Bertz CT molecular complexity index is 1160. The van der Waals surface area contributed by atoms with Gasteiger partial charge >= 0.3 is 0 Å². The molecule has 0 saturated heterocycles. The lowest BCUT2D eigenvalue weighted by molar-refractivity contribution is 0.942. The van der Waals surface area contributed by atoms with E-state index in [1.807, 2.05) is 85.8 Å². The predicted octanol–water partition coefficient (Wildman–Crippen LogP) is 4.26. The summed E-state index contributed by atoms with van der Waals surface area (Å²) in [6, 6.07) is 21.0. The van der Waals surface area contributed by atoms with Crippen molar-refractivity contribution in [2.45, 2.75) is 6.92 Å². The number of fused-ring (bicyclic) bond motifs is 1. The molecule has 2 aromatic heterocycles. The van der Waals surface area contributed by atoms with Crippen LogP contribution in [0.15, 0.2) is 77.7 Å². The van der Waals surface area contributed by atoms with Crippen LogP contribution in [-0.2, 0) is 0 Å². The van der Waals surface area contributed by atoms with Crippen LogP contribution < -0.4 is 5.56 Å². The van der Waals surface area contributed by atoms with Crippen LogP contribution in [0, 0.1) is 6.92 Å². The number of rotatable bonds is 3. The number of aromatic nitrogens is 3. The van der Waals surface area contributed by atoms with E-state index in [1.54, 1.807) is 10.8 Å². The van der Waals surface area contributed by atoms with Crippen molar-refractivity contribution >= 4 is 23.1 Å². The normalized spacial score (nSPS) is 11.3. The number of para-hydroxylation sites is 1.